The Morgan fingerprint density at radius 3 is 2.48 bits per heavy atom. The van der Waals surface area contributed by atoms with Gasteiger partial charge in [-0.15, -0.1) is 11.3 Å². The Balaban J connectivity index is 1.54. The van der Waals surface area contributed by atoms with Crippen LogP contribution in [0.1, 0.15) is 15.2 Å². The molecule has 2 saturated heterocycles. The predicted octanol–water partition coefficient (Wildman–Crippen LogP) is 2.66. The lowest BCUT2D eigenvalue weighted by molar-refractivity contribution is -0.139. The second kappa shape index (κ2) is 5.62. The molecule has 2 aromatic rings. The van der Waals surface area contributed by atoms with Gasteiger partial charge in [-0.3, -0.25) is 9.59 Å². The van der Waals surface area contributed by atoms with E-state index in [9.17, 15) is 9.59 Å². The van der Waals surface area contributed by atoms with Crippen molar-refractivity contribution in [2.45, 2.75) is 17.9 Å². The van der Waals surface area contributed by atoms with Gasteiger partial charge in [0.25, 0.3) is 11.8 Å². The van der Waals surface area contributed by atoms with Gasteiger partial charge in [-0.2, -0.15) is 0 Å². The zero-order valence-corrected chi connectivity index (χ0v) is 14.1. The number of hydrogen-bond donors (Lipinski definition) is 0. The van der Waals surface area contributed by atoms with Crippen LogP contribution in [0.5, 0.6) is 0 Å². The quantitative estimate of drug-likeness (QED) is 0.842. The van der Waals surface area contributed by atoms with Crippen molar-refractivity contribution in [3.8, 4) is 0 Å². The lowest BCUT2D eigenvalue weighted by Gasteiger charge is -2.22. The van der Waals surface area contributed by atoms with Gasteiger partial charge in [0.05, 0.1) is 24.5 Å². The van der Waals surface area contributed by atoms with E-state index in [1.807, 2.05) is 30.3 Å². The maximum atomic E-state index is 15.3. The molecule has 0 radical (unpaired) electrons. The molecule has 0 spiro atoms. The fraction of sp³-hybridized carbons (Fsp3) is 0.333. The molecule has 0 N–H and O–H groups in total. The molecule has 0 saturated carbocycles. The van der Waals surface area contributed by atoms with Gasteiger partial charge in [0.15, 0.2) is 5.67 Å². The summed E-state index contributed by atoms with van der Waals surface area (Å²) in [4.78, 5) is 27.7. The predicted molar refractivity (Wildman–Crippen MR) is 89.8 cm³/mol. The van der Waals surface area contributed by atoms with Crippen molar-refractivity contribution in [1.29, 1.82) is 0 Å². The molecule has 4 nitrogen and oxygen atoms in total. The number of alkyl halides is 2. The minimum Gasteiger partial charge on any atom is -0.332 e. The van der Waals surface area contributed by atoms with Crippen LogP contribution >= 0.6 is 11.3 Å². The number of carbonyl (C=O) groups is 2. The highest BCUT2D eigenvalue weighted by Crippen LogP contribution is 2.46. The van der Waals surface area contributed by atoms with Crippen LogP contribution in [-0.2, 0) is 11.3 Å². The van der Waals surface area contributed by atoms with Gasteiger partial charge in [0.2, 0.25) is 5.67 Å². The number of fused-ring (bicyclic) bond motifs is 1. The molecule has 2 amide bonds. The van der Waals surface area contributed by atoms with Gasteiger partial charge >= 0.3 is 0 Å². The molecule has 2 aliphatic rings. The van der Waals surface area contributed by atoms with E-state index in [0.717, 1.165) is 10.5 Å². The molecule has 0 unspecified atom stereocenters. The van der Waals surface area contributed by atoms with Gasteiger partial charge < -0.3 is 9.80 Å². The minimum atomic E-state index is -2.67. The van der Waals surface area contributed by atoms with E-state index in [4.69, 9.17) is 0 Å². The Morgan fingerprint density at radius 1 is 1.08 bits per heavy atom. The Kier molecular flexibility index (Phi) is 3.64. The molecule has 2 fully saturated rings. The molecule has 2 aliphatic heterocycles. The van der Waals surface area contributed by atoms with E-state index < -0.39 is 36.2 Å². The lowest BCUT2D eigenvalue weighted by atomic mass is 9.93. The summed E-state index contributed by atoms with van der Waals surface area (Å²) in [6, 6.07) is 12.4. The first-order chi connectivity index (χ1) is 11.9. The van der Waals surface area contributed by atoms with Gasteiger partial charge in [0, 0.05) is 6.54 Å². The third-order valence-electron chi connectivity index (χ3n) is 4.86. The highest BCUT2D eigenvalue weighted by molar-refractivity contribution is 7.12. The monoisotopic (exact) mass is 362 g/mol. The number of hydrogen-bond acceptors (Lipinski definition) is 3. The van der Waals surface area contributed by atoms with E-state index in [1.165, 1.54) is 16.2 Å². The smallest absolute Gasteiger partial charge is 0.266 e. The zero-order valence-electron chi connectivity index (χ0n) is 13.3. The molecule has 1 aromatic heterocycles. The van der Waals surface area contributed by atoms with Crippen molar-refractivity contribution in [2.24, 2.45) is 0 Å². The first kappa shape index (κ1) is 16.2. The molecule has 0 bridgehead atoms. The van der Waals surface area contributed by atoms with Gasteiger partial charge in [-0.05, 0) is 17.0 Å². The number of halogens is 2. The third kappa shape index (κ3) is 2.45. The number of nitrogens with zero attached hydrogens (tertiary/aromatic N) is 2. The van der Waals surface area contributed by atoms with Crippen LogP contribution in [0.3, 0.4) is 0 Å². The van der Waals surface area contributed by atoms with Crippen LogP contribution < -0.4 is 0 Å². The topological polar surface area (TPSA) is 40.6 Å². The molecule has 7 heteroatoms. The average Bonchev–Trinajstić information content (AvgIpc) is 3.25. The Morgan fingerprint density at radius 2 is 1.84 bits per heavy atom. The maximum absolute atomic E-state index is 15.3. The van der Waals surface area contributed by atoms with Crippen molar-refractivity contribution in [1.82, 2.24) is 9.80 Å². The van der Waals surface area contributed by atoms with Crippen LogP contribution in [0, 0.1) is 0 Å². The Bertz CT molecular complexity index is 814. The van der Waals surface area contributed by atoms with Crippen LogP contribution in [-0.4, -0.2) is 52.6 Å². The molecule has 130 valence electrons. The second-order valence-electron chi connectivity index (χ2n) is 6.55. The molecular formula is C18H16F2N2O2S. The van der Waals surface area contributed by atoms with E-state index in [2.05, 4.69) is 0 Å². The highest BCUT2D eigenvalue weighted by Gasteiger charge is 2.71. The average molecular weight is 362 g/mol. The van der Waals surface area contributed by atoms with Crippen LogP contribution in [0.2, 0.25) is 0 Å². The van der Waals surface area contributed by atoms with Crippen molar-refractivity contribution in [3.05, 3.63) is 58.3 Å². The molecule has 0 aliphatic carbocycles. The number of carbonyl (C=O) groups excluding carboxylic acids is 2. The van der Waals surface area contributed by atoms with Crippen LogP contribution in [0.4, 0.5) is 8.78 Å². The molecule has 25 heavy (non-hydrogen) atoms. The fourth-order valence-electron chi connectivity index (χ4n) is 3.58. The summed E-state index contributed by atoms with van der Waals surface area (Å²) < 4.78 is 30.6. The van der Waals surface area contributed by atoms with E-state index in [-0.39, 0.29) is 13.1 Å². The first-order valence-electron chi connectivity index (χ1n) is 7.97. The van der Waals surface area contributed by atoms with Crippen molar-refractivity contribution in [3.63, 3.8) is 0 Å². The number of amides is 2. The first-order valence-corrected chi connectivity index (χ1v) is 8.85. The largest absolute Gasteiger partial charge is 0.332 e. The van der Waals surface area contributed by atoms with Crippen LogP contribution in [0.15, 0.2) is 47.8 Å². The Labute approximate surface area is 147 Å². The molecule has 3 heterocycles. The number of likely N-dealkylation sites (tertiary alicyclic amines) is 2. The van der Waals surface area contributed by atoms with Gasteiger partial charge in [-0.1, -0.05) is 36.4 Å². The SMILES string of the molecule is O=C(c1cccs1)N1C[C@]2(F)CN(Cc3ccccc3)C(=O)[C@]2(F)C1. The summed E-state index contributed by atoms with van der Waals surface area (Å²) in [6.07, 6.45) is 0. The number of benzene rings is 1. The summed E-state index contributed by atoms with van der Waals surface area (Å²) in [5, 5.41) is 1.73. The number of thiophene rings is 1. The van der Waals surface area contributed by atoms with Gasteiger partial charge in [-0.25, -0.2) is 8.78 Å². The number of rotatable bonds is 3. The van der Waals surface area contributed by atoms with Crippen molar-refractivity contribution < 1.29 is 18.4 Å². The summed E-state index contributed by atoms with van der Waals surface area (Å²) in [6.45, 7) is -1.12. The molecular weight excluding hydrogens is 346 g/mol. The second-order valence-corrected chi connectivity index (χ2v) is 7.50. The van der Waals surface area contributed by atoms with Crippen molar-refractivity contribution >= 4 is 23.2 Å². The minimum absolute atomic E-state index is 0.163. The highest BCUT2D eigenvalue weighted by atomic mass is 32.1. The Hall–Kier alpha value is -2.28. The van der Waals surface area contributed by atoms with Gasteiger partial charge in [0.1, 0.15) is 0 Å². The van der Waals surface area contributed by atoms with Crippen molar-refractivity contribution in [2.75, 3.05) is 19.6 Å². The van der Waals surface area contributed by atoms with E-state index in [1.54, 1.807) is 17.5 Å². The maximum Gasteiger partial charge on any atom is 0.266 e. The normalized spacial score (nSPS) is 28.5. The fourth-order valence-corrected chi connectivity index (χ4v) is 4.27. The summed E-state index contributed by atoms with van der Waals surface area (Å²) in [5.74, 6) is -1.30. The van der Waals surface area contributed by atoms with E-state index in [0.29, 0.717) is 4.88 Å². The lowest BCUT2D eigenvalue weighted by Crippen LogP contribution is -2.47. The molecule has 2 atom stereocenters. The summed E-state index contributed by atoms with van der Waals surface area (Å²) >= 11 is 1.22. The third-order valence-corrected chi connectivity index (χ3v) is 5.72. The molecule has 1 aromatic carbocycles. The molecule has 4 rings (SSSR count). The van der Waals surface area contributed by atoms with Crippen LogP contribution in [0.25, 0.3) is 0 Å². The summed E-state index contributed by atoms with van der Waals surface area (Å²) in [7, 11) is 0. The standard InChI is InChI=1S/C18H16F2N2O2S/c19-17-10-21(9-13-5-2-1-3-6-13)16(24)18(17,20)12-22(11-17)15(23)14-7-4-8-25-14/h1-8H,9-12H2/t17-,18-/m1/s1. The van der Waals surface area contributed by atoms with E-state index >= 15 is 8.78 Å². The zero-order chi connectivity index (χ0) is 17.7. The summed E-state index contributed by atoms with van der Waals surface area (Å²) in [5.41, 5.74) is -4.23.